The molecule has 1 heterocycles. The fraction of sp³-hybridized carbons (Fsp3) is 0. The van der Waals surface area contributed by atoms with Crippen molar-refractivity contribution in [2.75, 3.05) is 0 Å². The van der Waals surface area contributed by atoms with Crippen molar-refractivity contribution in [2.45, 2.75) is 0 Å². The zero-order chi connectivity index (χ0) is 14.1. The first kappa shape index (κ1) is 12.3. The normalized spacial score (nSPS) is 10.7. The maximum atomic E-state index is 13.1. The highest BCUT2D eigenvalue weighted by molar-refractivity contribution is 5.93. The van der Waals surface area contributed by atoms with Crippen LogP contribution in [-0.4, -0.2) is 10.9 Å². The molecule has 2 aromatic carbocycles. The minimum Gasteiger partial charge on any atom is -0.366 e. The molecule has 0 fully saturated rings. The molecule has 0 aliphatic rings. The van der Waals surface area contributed by atoms with Crippen molar-refractivity contribution < 1.29 is 9.18 Å². The predicted octanol–water partition coefficient (Wildman–Crippen LogP) is 3.14. The van der Waals surface area contributed by atoms with E-state index in [1.54, 1.807) is 30.3 Å². The molecular weight excluding hydrogens is 255 g/mol. The Morgan fingerprint density at radius 1 is 1.00 bits per heavy atom. The molecule has 98 valence electrons. The van der Waals surface area contributed by atoms with Crippen LogP contribution in [0.15, 0.2) is 54.6 Å². The van der Waals surface area contributed by atoms with Crippen LogP contribution in [0.3, 0.4) is 0 Å². The topological polar surface area (TPSA) is 56.0 Å². The molecule has 1 aromatic heterocycles. The van der Waals surface area contributed by atoms with Crippen molar-refractivity contribution in [2.24, 2.45) is 5.73 Å². The van der Waals surface area contributed by atoms with E-state index >= 15 is 0 Å². The number of amides is 1. The zero-order valence-electron chi connectivity index (χ0n) is 10.5. The molecule has 0 aliphatic carbocycles. The van der Waals surface area contributed by atoms with Gasteiger partial charge in [-0.25, -0.2) is 9.37 Å². The Kier molecular flexibility index (Phi) is 2.91. The van der Waals surface area contributed by atoms with Crippen molar-refractivity contribution in [1.29, 1.82) is 0 Å². The van der Waals surface area contributed by atoms with Crippen LogP contribution in [0.2, 0.25) is 0 Å². The van der Waals surface area contributed by atoms with Crippen LogP contribution >= 0.6 is 0 Å². The van der Waals surface area contributed by atoms with Gasteiger partial charge in [-0.2, -0.15) is 0 Å². The molecule has 0 aliphatic heterocycles. The molecule has 3 rings (SSSR count). The third-order valence-electron chi connectivity index (χ3n) is 3.12. The van der Waals surface area contributed by atoms with Crippen molar-refractivity contribution in [3.63, 3.8) is 0 Å². The lowest BCUT2D eigenvalue weighted by atomic mass is 10.1. The SMILES string of the molecule is NC(=O)c1ccc(-c2ccc3cc(F)ccc3n2)cc1. The number of halogens is 1. The number of rotatable bonds is 2. The van der Waals surface area contributed by atoms with E-state index < -0.39 is 5.91 Å². The average molecular weight is 266 g/mol. The fourth-order valence-corrected chi connectivity index (χ4v) is 2.06. The van der Waals surface area contributed by atoms with Crippen LogP contribution in [0.25, 0.3) is 22.2 Å². The summed E-state index contributed by atoms with van der Waals surface area (Å²) in [6.45, 7) is 0. The molecule has 20 heavy (non-hydrogen) atoms. The van der Waals surface area contributed by atoms with Gasteiger partial charge in [0.15, 0.2) is 0 Å². The number of pyridine rings is 1. The molecule has 0 saturated carbocycles. The van der Waals surface area contributed by atoms with Gasteiger partial charge in [-0.1, -0.05) is 18.2 Å². The van der Waals surface area contributed by atoms with Crippen molar-refractivity contribution in [3.8, 4) is 11.3 Å². The summed E-state index contributed by atoms with van der Waals surface area (Å²) in [4.78, 5) is 15.5. The second-order valence-electron chi connectivity index (χ2n) is 4.48. The van der Waals surface area contributed by atoms with E-state index in [2.05, 4.69) is 4.98 Å². The quantitative estimate of drug-likeness (QED) is 0.774. The van der Waals surface area contributed by atoms with E-state index in [0.29, 0.717) is 5.56 Å². The molecule has 0 saturated heterocycles. The Hall–Kier alpha value is -2.75. The number of carbonyl (C=O) groups excluding carboxylic acids is 1. The monoisotopic (exact) mass is 266 g/mol. The highest BCUT2D eigenvalue weighted by atomic mass is 19.1. The summed E-state index contributed by atoms with van der Waals surface area (Å²) in [6, 6.07) is 15.0. The number of hydrogen-bond donors (Lipinski definition) is 1. The van der Waals surface area contributed by atoms with Gasteiger partial charge in [-0.15, -0.1) is 0 Å². The summed E-state index contributed by atoms with van der Waals surface area (Å²) in [5.41, 5.74) is 8.02. The van der Waals surface area contributed by atoms with Crippen LogP contribution in [0.5, 0.6) is 0 Å². The molecule has 0 unspecified atom stereocenters. The molecule has 3 nitrogen and oxygen atoms in total. The van der Waals surface area contributed by atoms with Crippen LogP contribution in [0.4, 0.5) is 4.39 Å². The first-order valence-corrected chi connectivity index (χ1v) is 6.10. The molecule has 0 radical (unpaired) electrons. The lowest BCUT2D eigenvalue weighted by Crippen LogP contribution is -2.10. The van der Waals surface area contributed by atoms with Gasteiger partial charge in [-0.05, 0) is 36.4 Å². The number of hydrogen-bond acceptors (Lipinski definition) is 2. The van der Waals surface area contributed by atoms with Gasteiger partial charge in [0.05, 0.1) is 11.2 Å². The second-order valence-corrected chi connectivity index (χ2v) is 4.48. The first-order chi connectivity index (χ1) is 9.63. The van der Waals surface area contributed by atoms with Crippen LogP contribution in [-0.2, 0) is 0 Å². The lowest BCUT2D eigenvalue weighted by molar-refractivity contribution is 0.100. The third kappa shape index (κ3) is 2.23. The Bertz CT molecular complexity index is 797. The molecular formula is C16H11FN2O. The van der Waals surface area contributed by atoms with Crippen molar-refractivity contribution in [1.82, 2.24) is 4.98 Å². The van der Waals surface area contributed by atoms with Crippen LogP contribution in [0.1, 0.15) is 10.4 Å². The van der Waals surface area contributed by atoms with Gasteiger partial charge >= 0.3 is 0 Å². The van der Waals surface area contributed by atoms with Gasteiger partial charge in [-0.3, -0.25) is 4.79 Å². The summed E-state index contributed by atoms with van der Waals surface area (Å²) in [7, 11) is 0. The predicted molar refractivity (Wildman–Crippen MR) is 75.7 cm³/mol. The Morgan fingerprint density at radius 3 is 2.45 bits per heavy atom. The smallest absolute Gasteiger partial charge is 0.248 e. The molecule has 0 atom stereocenters. The second kappa shape index (κ2) is 4.74. The maximum Gasteiger partial charge on any atom is 0.248 e. The van der Waals surface area contributed by atoms with Crippen LogP contribution < -0.4 is 5.73 Å². The van der Waals surface area contributed by atoms with Gasteiger partial charge in [0, 0.05) is 16.5 Å². The van der Waals surface area contributed by atoms with Crippen molar-refractivity contribution in [3.05, 3.63) is 66.0 Å². The number of aromatic nitrogens is 1. The Morgan fingerprint density at radius 2 is 1.75 bits per heavy atom. The zero-order valence-corrected chi connectivity index (χ0v) is 10.5. The third-order valence-corrected chi connectivity index (χ3v) is 3.12. The minimum absolute atomic E-state index is 0.280. The van der Waals surface area contributed by atoms with E-state index in [1.165, 1.54) is 12.1 Å². The van der Waals surface area contributed by atoms with E-state index in [-0.39, 0.29) is 5.82 Å². The van der Waals surface area contributed by atoms with Gasteiger partial charge in [0.25, 0.3) is 0 Å². The highest BCUT2D eigenvalue weighted by Gasteiger charge is 2.04. The fourth-order valence-electron chi connectivity index (χ4n) is 2.06. The van der Waals surface area contributed by atoms with Crippen LogP contribution in [0, 0.1) is 5.82 Å². The summed E-state index contributed by atoms with van der Waals surface area (Å²) in [5.74, 6) is -0.739. The number of carbonyl (C=O) groups is 1. The molecule has 4 heteroatoms. The lowest BCUT2D eigenvalue weighted by Gasteiger charge is -2.04. The van der Waals surface area contributed by atoms with E-state index in [9.17, 15) is 9.18 Å². The number of nitrogens with zero attached hydrogens (tertiary/aromatic N) is 1. The number of primary amides is 1. The van der Waals surface area contributed by atoms with E-state index in [1.807, 2.05) is 12.1 Å². The molecule has 1 amide bonds. The summed E-state index contributed by atoms with van der Waals surface area (Å²) >= 11 is 0. The van der Waals surface area contributed by atoms with Gasteiger partial charge in [0.1, 0.15) is 5.82 Å². The summed E-state index contributed by atoms with van der Waals surface area (Å²) < 4.78 is 13.1. The number of benzene rings is 2. The average Bonchev–Trinajstić information content (AvgIpc) is 2.47. The first-order valence-electron chi connectivity index (χ1n) is 6.10. The van der Waals surface area contributed by atoms with Gasteiger partial charge in [0.2, 0.25) is 5.91 Å². The molecule has 0 bridgehead atoms. The maximum absolute atomic E-state index is 13.1. The Balaban J connectivity index is 2.05. The van der Waals surface area contributed by atoms with Crippen molar-refractivity contribution >= 4 is 16.8 Å². The standard InChI is InChI=1S/C16H11FN2O/c17-13-6-8-15-12(9-13)5-7-14(19-15)10-1-3-11(4-2-10)16(18)20/h1-9H,(H2,18,20). The molecule has 2 N–H and O–H groups in total. The van der Waals surface area contributed by atoms with E-state index in [0.717, 1.165) is 22.2 Å². The largest absolute Gasteiger partial charge is 0.366 e. The minimum atomic E-state index is -0.460. The number of nitrogens with two attached hydrogens (primary N) is 1. The van der Waals surface area contributed by atoms with Gasteiger partial charge < -0.3 is 5.73 Å². The molecule has 0 spiro atoms. The summed E-state index contributed by atoms with van der Waals surface area (Å²) in [5, 5.41) is 0.752. The Labute approximate surface area is 114 Å². The molecule has 3 aromatic rings. The highest BCUT2D eigenvalue weighted by Crippen LogP contribution is 2.22. The van der Waals surface area contributed by atoms with E-state index in [4.69, 9.17) is 5.73 Å². The summed E-state index contributed by atoms with van der Waals surface area (Å²) in [6.07, 6.45) is 0. The number of fused-ring (bicyclic) bond motifs is 1.